The third kappa shape index (κ3) is 6.94. The van der Waals surface area contributed by atoms with Crippen molar-refractivity contribution >= 4 is 12.0 Å². The lowest BCUT2D eigenvalue weighted by atomic mass is 9.84. The van der Waals surface area contributed by atoms with Gasteiger partial charge >= 0.3 is 12.0 Å². The number of hydrogen-bond donors (Lipinski definition) is 2. The molecule has 1 aliphatic heterocycles. The number of carbonyl (C=O) groups excluding carboxylic acids is 2. The number of amides is 2. The van der Waals surface area contributed by atoms with Gasteiger partial charge < -0.3 is 24.8 Å². The van der Waals surface area contributed by atoms with E-state index in [1.165, 1.54) is 0 Å². The van der Waals surface area contributed by atoms with Gasteiger partial charge in [0.2, 0.25) is 6.79 Å². The van der Waals surface area contributed by atoms with E-state index in [1.807, 2.05) is 25.1 Å². The molecule has 0 saturated heterocycles. The molecule has 2 N–H and O–H groups in total. The highest BCUT2D eigenvalue weighted by molar-refractivity contribution is 5.74. The minimum Gasteiger partial charge on any atom is -0.466 e. The van der Waals surface area contributed by atoms with Gasteiger partial charge in [0.1, 0.15) is 0 Å². The number of unbranched alkanes of at least 4 members (excludes halogenated alkanes) is 3. The maximum Gasteiger partial charge on any atom is 0.314 e. The standard InChI is InChI=1S/C21H32N2O5/c1-4-26-19(24)9-7-5-6-8-12-22-20(25)23-14-21(2,3)16-10-11-17-18(13-16)28-15-27-17/h10-11,13H,4-9,12,14-15H2,1-3H3,(H2,22,23,25). The number of esters is 1. The van der Waals surface area contributed by atoms with Gasteiger partial charge in [0, 0.05) is 24.9 Å². The van der Waals surface area contributed by atoms with Crippen LogP contribution in [0.5, 0.6) is 11.5 Å². The normalized spacial score (nSPS) is 12.5. The number of nitrogens with one attached hydrogen (secondary N) is 2. The van der Waals surface area contributed by atoms with Crippen LogP contribution in [0.4, 0.5) is 4.79 Å². The van der Waals surface area contributed by atoms with E-state index in [0.717, 1.165) is 42.7 Å². The monoisotopic (exact) mass is 392 g/mol. The number of rotatable bonds is 11. The van der Waals surface area contributed by atoms with E-state index in [9.17, 15) is 9.59 Å². The molecule has 0 atom stereocenters. The van der Waals surface area contributed by atoms with Crippen molar-refractivity contribution in [1.29, 1.82) is 0 Å². The summed E-state index contributed by atoms with van der Waals surface area (Å²) in [4.78, 5) is 23.3. The predicted octanol–water partition coefficient (Wildman–Crippen LogP) is 3.51. The van der Waals surface area contributed by atoms with Crippen molar-refractivity contribution in [3.63, 3.8) is 0 Å². The number of carbonyl (C=O) groups is 2. The third-order valence-corrected chi connectivity index (χ3v) is 4.74. The third-order valence-electron chi connectivity index (χ3n) is 4.74. The number of benzene rings is 1. The fourth-order valence-electron chi connectivity index (χ4n) is 2.97. The molecule has 1 heterocycles. The van der Waals surface area contributed by atoms with Crippen LogP contribution in [0.2, 0.25) is 0 Å². The summed E-state index contributed by atoms with van der Waals surface area (Å²) in [5.74, 6) is 1.37. The van der Waals surface area contributed by atoms with Gasteiger partial charge in [-0.1, -0.05) is 32.8 Å². The molecule has 7 nitrogen and oxygen atoms in total. The predicted molar refractivity (Wildman–Crippen MR) is 107 cm³/mol. The first-order valence-corrected chi connectivity index (χ1v) is 10.00. The molecule has 0 aliphatic carbocycles. The van der Waals surface area contributed by atoms with E-state index in [2.05, 4.69) is 24.5 Å². The van der Waals surface area contributed by atoms with Gasteiger partial charge in [-0.3, -0.25) is 4.79 Å². The molecule has 7 heteroatoms. The molecule has 1 aliphatic rings. The summed E-state index contributed by atoms with van der Waals surface area (Å²) in [7, 11) is 0. The van der Waals surface area contributed by atoms with E-state index < -0.39 is 0 Å². The highest BCUT2D eigenvalue weighted by Crippen LogP contribution is 2.36. The molecule has 0 spiro atoms. The Morgan fingerprint density at radius 3 is 2.61 bits per heavy atom. The second kappa shape index (κ2) is 10.8. The van der Waals surface area contributed by atoms with Gasteiger partial charge in [-0.05, 0) is 37.5 Å². The minimum atomic E-state index is -0.231. The average Bonchev–Trinajstić information content (AvgIpc) is 3.14. The molecule has 28 heavy (non-hydrogen) atoms. The van der Waals surface area contributed by atoms with Crippen molar-refractivity contribution in [2.75, 3.05) is 26.5 Å². The van der Waals surface area contributed by atoms with Gasteiger partial charge in [0.15, 0.2) is 11.5 Å². The summed E-state index contributed by atoms with van der Waals surface area (Å²) in [6.07, 6.45) is 4.12. The van der Waals surface area contributed by atoms with Crippen LogP contribution in [0.25, 0.3) is 0 Å². The summed E-state index contributed by atoms with van der Waals surface area (Å²) in [5.41, 5.74) is 0.851. The molecule has 0 fully saturated rings. The van der Waals surface area contributed by atoms with Gasteiger partial charge in [-0.25, -0.2) is 4.79 Å². The molecule has 0 radical (unpaired) electrons. The second-order valence-corrected chi connectivity index (χ2v) is 7.53. The Bertz CT molecular complexity index is 660. The Labute approximate surface area is 167 Å². The van der Waals surface area contributed by atoms with Crippen LogP contribution in [0.3, 0.4) is 0 Å². The minimum absolute atomic E-state index is 0.134. The van der Waals surface area contributed by atoms with Gasteiger partial charge in [0.25, 0.3) is 0 Å². The van der Waals surface area contributed by atoms with Crippen molar-refractivity contribution in [2.24, 2.45) is 0 Å². The van der Waals surface area contributed by atoms with E-state index in [0.29, 0.717) is 26.1 Å². The lowest BCUT2D eigenvalue weighted by Gasteiger charge is -2.26. The quantitative estimate of drug-likeness (QED) is 0.445. The van der Waals surface area contributed by atoms with Gasteiger partial charge in [0.05, 0.1) is 6.61 Å². The molecule has 2 rings (SSSR count). The van der Waals surface area contributed by atoms with Crippen molar-refractivity contribution in [1.82, 2.24) is 10.6 Å². The average molecular weight is 392 g/mol. The molecule has 0 saturated carbocycles. The Kier molecular flexibility index (Phi) is 8.42. The van der Waals surface area contributed by atoms with Crippen LogP contribution in [0, 0.1) is 0 Å². The second-order valence-electron chi connectivity index (χ2n) is 7.53. The molecule has 2 amide bonds. The molecule has 1 aromatic rings. The summed E-state index contributed by atoms with van der Waals surface area (Å²) in [6.45, 7) is 7.79. The Hall–Kier alpha value is -2.44. The Morgan fingerprint density at radius 1 is 1.07 bits per heavy atom. The maximum absolute atomic E-state index is 12.0. The van der Waals surface area contributed by atoms with Crippen LogP contribution in [-0.2, 0) is 14.9 Å². The topological polar surface area (TPSA) is 85.9 Å². The first-order chi connectivity index (χ1) is 13.4. The molecule has 1 aromatic carbocycles. The zero-order valence-corrected chi connectivity index (χ0v) is 17.1. The number of ether oxygens (including phenoxy) is 3. The molecule has 156 valence electrons. The first-order valence-electron chi connectivity index (χ1n) is 10.00. The highest BCUT2D eigenvalue weighted by atomic mass is 16.7. The van der Waals surface area contributed by atoms with E-state index in [1.54, 1.807) is 0 Å². The summed E-state index contributed by atoms with van der Waals surface area (Å²) < 4.78 is 15.7. The smallest absolute Gasteiger partial charge is 0.314 e. The fraction of sp³-hybridized carbons (Fsp3) is 0.619. The molecular formula is C21H32N2O5. The Balaban J connectivity index is 1.59. The zero-order valence-electron chi connectivity index (χ0n) is 17.1. The van der Waals surface area contributed by atoms with Crippen LogP contribution in [0.15, 0.2) is 18.2 Å². The van der Waals surface area contributed by atoms with Crippen LogP contribution < -0.4 is 20.1 Å². The number of hydrogen-bond acceptors (Lipinski definition) is 5. The SMILES string of the molecule is CCOC(=O)CCCCCCNC(=O)NCC(C)(C)c1ccc2c(c1)OCO2. The lowest BCUT2D eigenvalue weighted by molar-refractivity contribution is -0.143. The molecule has 0 unspecified atom stereocenters. The molecule has 0 aromatic heterocycles. The van der Waals surface area contributed by atoms with Crippen molar-refractivity contribution in [3.8, 4) is 11.5 Å². The van der Waals surface area contributed by atoms with E-state index in [-0.39, 0.29) is 24.2 Å². The van der Waals surface area contributed by atoms with Crippen LogP contribution in [0.1, 0.15) is 58.4 Å². The summed E-state index contributed by atoms with van der Waals surface area (Å²) >= 11 is 0. The zero-order chi connectivity index (χ0) is 20.4. The van der Waals surface area contributed by atoms with E-state index in [4.69, 9.17) is 14.2 Å². The van der Waals surface area contributed by atoms with Gasteiger partial charge in [-0.2, -0.15) is 0 Å². The summed E-state index contributed by atoms with van der Waals surface area (Å²) in [6, 6.07) is 5.71. The Morgan fingerprint density at radius 2 is 1.82 bits per heavy atom. The lowest BCUT2D eigenvalue weighted by Crippen LogP contribution is -2.42. The molecular weight excluding hydrogens is 360 g/mol. The van der Waals surface area contributed by atoms with E-state index >= 15 is 0 Å². The van der Waals surface area contributed by atoms with Crippen molar-refractivity contribution < 1.29 is 23.8 Å². The number of fused-ring (bicyclic) bond motifs is 1. The summed E-state index contributed by atoms with van der Waals surface area (Å²) in [5, 5.41) is 5.82. The number of urea groups is 1. The highest BCUT2D eigenvalue weighted by Gasteiger charge is 2.24. The maximum atomic E-state index is 12.0. The van der Waals surface area contributed by atoms with Crippen molar-refractivity contribution in [3.05, 3.63) is 23.8 Å². The van der Waals surface area contributed by atoms with Gasteiger partial charge in [-0.15, -0.1) is 0 Å². The van der Waals surface area contributed by atoms with Crippen molar-refractivity contribution in [2.45, 2.75) is 58.3 Å². The van der Waals surface area contributed by atoms with Crippen LogP contribution in [-0.4, -0.2) is 38.5 Å². The fourth-order valence-corrected chi connectivity index (χ4v) is 2.97. The first kappa shape index (κ1) is 21.9. The molecule has 0 bridgehead atoms. The van der Waals surface area contributed by atoms with Crippen LogP contribution >= 0.6 is 0 Å². The largest absolute Gasteiger partial charge is 0.466 e.